The first-order chi connectivity index (χ1) is 6.68. The molecule has 1 heterocycles. The lowest BCUT2D eigenvalue weighted by Gasteiger charge is -2.07. The number of hydrogen-bond donors (Lipinski definition) is 2. The molecule has 0 unspecified atom stereocenters. The zero-order valence-corrected chi connectivity index (χ0v) is 9.23. The number of carbonyl (C=O) groups excluding carboxylic acids is 1. The van der Waals surface area contributed by atoms with Gasteiger partial charge in [0.05, 0.1) is 18.6 Å². The summed E-state index contributed by atoms with van der Waals surface area (Å²) >= 11 is 1.54. The summed E-state index contributed by atoms with van der Waals surface area (Å²) in [4.78, 5) is 16.3. The monoisotopic (exact) mass is 213 g/mol. The Bertz CT molecular complexity index is 272. The van der Waals surface area contributed by atoms with Gasteiger partial charge in [-0.1, -0.05) is 13.8 Å². The van der Waals surface area contributed by atoms with Crippen molar-refractivity contribution in [2.24, 2.45) is 0 Å². The van der Waals surface area contributed by atoms with E-state index in [1.807, 2.05) is 13.8 Å². The van der Waals surface area contributed by atoms with Crippen LogP contribution in [0.25, 0.3) is 0 Å². The van der Waals surface area contributed by atoms with Crippen LogP contribution in [0.4, 0.5) is 0 Å². The normalized spacial score (nSPS) is 10.5. The second-order valence-electron chi connectivity index (χ2n) is 3.28. The molecule has 0 spiro atoms. The van der Waals surface area contributed by atoms with Crippen LogP contribution in [-0.2, 0) is 11.3 Å². The summed E-state index contributed by atoms with van der Waals surface area (Å²) in [7, 11) is 0. The average Bonchev–Trinajstić information content (AvgIpc) is 2.63. The van der Waals surface area contributed by atoms with Crippen molar-refractivity contribution in [2.45, 2.75) is 26.4 Å². The van der Waals surface area contributed by atoms with Crippen LogP contribution in [0, 0.1) is 0 Å². The van der Waals surface area contributed by atoms with Crippen molar-refractivity contribution in [1.82, 2.24) is 15.6 Å². The highest BCUT2D eigenvalue weighted by Gasteiger charge is 2.02. The van der Waals surface area contributed by atoms with Crippen molar-refractivity contribution in [2.75, 3.05) is 6.54 Å². The van der Waals surface area contributed by atoms with Gasteiger partial charge in [-0.15, -0.1) is 11.3 Å². The first kappa shape index (κ1) is 11.1. The van der Waals surface area contributed by atoms with Gasteiger partial charge in [0.15, 0.2) is 0 Å². The summed E-state index contributed by atoms with van der Waals surface area (Å²) in [6, 6.07) is 0.337. The van der Waals surface area contributed by atoms with Gasteiger partial charge < -0.3 is 10.6 Å². The number of nitrogens with one attached hydrogen (secondary N) is 2. The molecule has 0 aromatic carbocycles. The minimum absolute atomic E-state index is 0.0205. The van der Waals surface area contributed by atoms with Gasteiger partial charge in [0.1, 0.15) is 0 Å². The van der Waals surface area contributed by atoms with Crippen LogP contribution < -0.4 is 10.6 Å². The van der Waals surface area contributed by atoms with Gasteiger partial charge in [0, 0.05) is 17.1 Å². The molecule has 4 nitrogen and oxygen atoms in total. The number of amides is 1. The number of carbonyl (C=O) groups is 1. The second kappa shape index (κ2) is 5.72. The van der Waals surface area contributed by atoms with Crippen molar-refractivity contribution < 1.29 is 4.79 Å². The third kappa shape index (κ3) is 4.34. The van der Waals surface area contributed by atoms with Gasteiger partial charge in [-0.2, -0.15) is 0 Å². The van der Waals surface area contributed by atoms with Crippen LogP contribution in [0.2, 0.25) is 0 Å². The number of rotatable bonds is 5. The van der Waals surface area contributed by atoms with E-state index in [2.05, 4.69) is 15.6 Å². The molecule has 2 N–H and O–H groups in total. The molecule has 0 fully saturated rings. The molecule has 78 valence electrons. The Balaban J connectivity index is 2.15. The summed E-state index contributed by atoms with van der Waals surface area (Å²) in [5.41, 5.74) is 1.76. The Morgan fingerprint density at radius 2 is 2.43 bits per heavy atom. The molecule has 1 aromatic rings. The van der Waals surface area contributed by atoms with Gasteiger partial charge in [0.2, 0.25) is 5.91 Å². The second-order valence-corrected chi connectivity index (χ2v) is 4.25. The van der Waals surface area contributed by atoms with Crippen LogP contribution >= 0.6 is 11.3 Å². The molecule has 5 heteroatoms. The maximum atomic E-state index is 11.3. The third-order valence-corrected chi connectivity index (χ3v) is 2.39. The zero-order valence-electron chi connectivity index (χ0n) is 8.41. The molecular weight excluding hydrogens is 198 g/mol. The lowest BCUT2D eigenvalue weighted by Crippen LogP contribution is -2.36. The van der Waals surface area contributed by atoms with E-state index >= 15 is 0 Å². The molecule has 0 aliphatic carbocycles. The van der Waals surface area contributed by atoms with Crippen molar-refractivity contribution >= 4 is 17.2 Å². The van der Waals surface area contributed by atoms with E-state index in [1.165, 1.54) is 0 Å². The molecule has 0 bridgehead atoms. The standard InChI is InChI=1S/C9H15N3OS/c1-7(2)11-5-9(13)12-4-8-3-10-6-14-8/h3,6-7,11H,4-5H2,1-2H3,(H,12,13). The molecule has 0 saturated carbocycles. The Kier molecular flexibility index (Phi) is 4.55. The molecule has 0 radical (unpaired) electrons. The zero-order chi connectivity index (χ0) is 10.4. The van der Waals surface area contributed by atoms with Crippen LogP contribution in [-0.4, -0.2) is 23.5 Å². The fraction of sp³-hybridized carbons (Fsp3) is 0.556. The first-order valence-electron chi connectivity index (χ1n) is 4.56. The van der Waals surface area contributed by atoms with Crippen LogP contribution in [0.15, 0.2) is 11.7 Å². The predicted octanol–water partition coefficient (Wildman–Crippen LogP) is 0.757. The van der Waals surface area contributed by atoms with Crippen LogP contribution in [0.3, 0.4) is 0 Å². The van der Waals surface area contributed by atoms with E-state index in [-0.39, 0.29) is 5.91 Å². The Morgan fingerprint density at radius 3 is 3.00 bits per heavy atom. The van der Waals surface area contributed by atoms with Crippen LogP contribution in [0.5, 0.6) is 0 Å². The number of nitrogens with zero attached hydrogens (tertiary/aromatic N) is 1. The lowest BCUT2D eigenvalue weighted by atomic mass is 10.4. The minimum Gasteiger partial charge on any atom is -0.350 e. The van der Waals surface area contributed by atoms with E-state index < -0.39 is 0 Å². The molecule has 0 saturated heterocycles. The topological polar surface area (TPSA) is 54.0 Å². The van der Waals surface area contributed by atoms with Crippen molar-refractivity contribution in [3.63, 3.8) is 0 Å². The van der Waals surface area contributed by atoms with Crippen molar-refractivity contribution in [3.8, 4) is 0 Å². The highest BCUT2D eigenvalue weighted by molar-refractivity contribution is 7.09. The van der Waals surface area contributed by atoms with E-state index in [9.17, 15) is 4.79 Å². The molecule has 14 heavy (non-hydrogen) atoms. The first-order valence-corrected chi connectivity index (χ1v) is 5.44. The minimum atomic E-state index is 0.0205. The van der Waals surface area contributed by atoms with Gasteiger partial charge in [-0.3, -0.25) is 9.78 Å². The molecule has 0 atom stereocenters. The lowest BCUT2D eigenvalue weighted by molar-refractivity contribution is -0.120. The van der Waals surface area contributed by atoms with Gasteiger partial charge >= 0.3 is 0 Å². The fourth-order valence-electron chi connectivity index (χ4n) is 0.874. The molecule has 1 amide bonds. The third-order valence-electron chi connectivity index (χ3n) is 1.61. The van der Waals surface area contributed by atoms with E-state index in [4.69, 9.17) is 0 Å². The number of aromatic nitrogens is 1. The van der Waals surface area contributed by atoms with Gasteiger partial charge in [-0.05, 0) is 0 Å². The summed E-state index contributed by atoms with van der Waals surface area (Å²) in [5, 5.41) is 5.86. The fourth-order valence-corrected chi connectivity index (χ4v) is 1.41. The van der Waals surface area contributed by atoms with Crippen molar-refractivity contribution in [1.29, 1.82) is 0 Å². The maximum absolute atomic E-state index is 11.3. The predicted molar refractivity (Wildman–Crippen MR) is 57.1 cm³/mol. The van der Waals surface area contributed by atoms with Gasteiger partial charge in [0.25, 0.3) is 0 Å². The highest BCUT2D eigenvalue weighted by atomic mass is 32.1. The Labute approximate surface area is 87.7 Å². The summed E-state index contributed by atoms with van der Waals surface area (Å²) in [6.07, 6.45) is 1.76. The largest absolute Gasteiger partial charge is 0.350 e. The summed E-state index contributed by atoms with van der Waals surface area (Å²) in [5.74, 6) is 0.0205. The maximum Gasteiger partial charge on any atom is 0.234 e. The highest BCUT2D eigenvalue weighted by Crippen LogP contribution is 2.03. The Morgan fingerprint density at radius 1 is 1.64 bits per heavy atom. The van der Waals surface area contributed by atoms with E-state index in [0.717, 1.165) is 4.88 Å². The molecular formula is C9H15N3OS. The number of thiazole rings is 1. The molecule has 1 rings (SSSR count). The van der Waals surface area contributed by atoms with E-state index in [1.54, 1.807) is 23.0 Å². The SMILES string of the molecule is CC(C)NCC(=O)NCc1cncs1. The average molecular weight is 213 g/mol. The number of hydrogen-bond acceptors (Lipinski definition) is 4. The summed E-state index contributed by atoms with van der Waals surface area (Å²) in [6.45, 7) is 4.96. The van der Waals surface area contributed by atoms with E-state index in [0.29, 0.717) is 19.1 Å². The smallest absolute Gasteiger partial charge is 0.234 e. The molecule has 0 aliphatic heterocycles. The quantitative estimate of drug-likeness (QED) is 0.759. The summed E-state index contributed by atoms with van der Waals surface area (Å²) < 4.78 is 0. The van der Waals surface area contributed by atoms with Crippen LogP contribution in [0.1, 0.15) is 18.7 Å². The van der Waals surface area contributed by atoms with Gasteiger partial charge in [-0.25, -0.2) is 0 Å². The Hall–Kier alpha value is -0.940. The van der Waals surface area contributed by atoms with Crippen molar-refractivity contribution in [3.05, 3.63) is 16.6 Å². The molecule has 1 aromatic heterocycles. The molecule has 0 aliphatic rings.